The predicted octanol–water partition coefficient (Wildman–Crippen LogP) is -5.31. The van der Waals surface area contributed by atoms with Crippen molar-refractivity contribution in [1.82, 2.24) is 0 Å². The fraction of sp³-hybridized carbons (Fsp3) is 0.400. The Bertz CT molecular complexity index is 201. The molecule has 1 N–H and O–H groups in total. The van der Waals surface area contributed by atoms with Gasteiger partial charge >= 0.3 is 41.5 Å². The van der Waals surface area contributed by atoms with E-state index in [0.29, 0.717) is 0 Å². The molecule has 0 saturated heterocycles. The number of rotatable bonds is 5. The second-order valence-corrected chi connectivity index (χ2v) is 1.66. The zero-order valence-corrected chi connectivity index (χ0v) is 8.81. The van der Waals surface area contributed by atoms with Crippen LogP contribution in [0.3, 0.4) is 0 Å². The van der Waals surface area contributed by atoms with E-state index in [1.807, 2.05) is 0 Å². The number of carboxylic acid groups (broad SMARTS) is 2. The minimum Gasteiger partial charge on any atom is -0.550 e. The predicted molar refractivity (Wildman–Crippen MR) is 29.3 cm³/mol. The SMILES string of the molecule is O=C([O-])CC(=O)OOCC(=O)O.[Na+]. The first-order chi connectivity index (χ1) is 5.52. The summed E-state index contributed by atoms with van der Waals surface area (Å²) >= 11 is 0. The van der Waals surface area contributed by atoms with Crippen molar-refractivity contribution in [3.63, 3.8) is 0 Å². The number of hydrogen-bond donors (Lipinski definition) is 1. The molecule has 0 atom stereocenters. The van der Waals surface area contributed by atoms with E-state index >= 15 is 0 Å². The molecule has 8 heteroatoms. The average molecular weight is 200 g/mol. The standard InChI is InChI=1S/C5H6O7.Na/c6-3(7)1-5(10)12-11-2-4(8)9;/h1-2H2,(H,6,7)(H,8,9);/q;+1/p-1. The first-order valence-corrected chi connectivity index (χ1v) is 2.76. The Balaban J connectivity index is 0. The quantitative estimate of drug-likeness (QED) is 0.204. The van der Waals surface area contributed by atoms with Crippen molar-refractivity contribution in [2.45, 2.75) is 6.42 Å². The molecule has 0 aliphatic heterocycles. The van der Waals surface area contributed by atoms with E-state index < -0.39 is 30.9 Å². The van der Waals surface area contributed by atoms with Crippen LogP contribution < -0.4 is 34.7 Å². The van der Waals surface area contributed by atoms with E-state index in [4.69, 9.17) is 5.11 Å². The first-order valence-electron chi connectivity index (χ1n) is 2.76. The van der Waals surface area contributed by atoms with Crippen molar-refractivity contribution in [2.24, 2.45) is 0 Å². The van der Waals surface area contributed by atoms with E-state index in [1.165, 1.54) is 0 Å². The number of aliphatic carboxylic acids is 2. The van der Waals surface area contributed by atoms with Crippen molar-refractivity contribution in [3.05, 3.63) is 0 Å². The third-order valence-corrected chi connectivity index (χ3v) is 0.623. The molecular formula is C5H5NaO7. The molecule has 0 bridgehead atoms. The van der Waals surface area contributed by atoms with Gasteiger partial charge in [0.25, 0.3) is 0 Å². The Morgan fingerprint density at radius 2 is 1.85 bits per heavy atom. The number of carbonyl (C=O) groups excluding carboxylic acids is 2. The molecule has 0 aromatic carbocycles. The fourth-order valence-electron chi connectivity index (χ4n) is 0.293. The van der Waals surface area contributed by atoms with Crippen LogP contribution in [0.5, 0.6) is 0 Å². The molecular weight excluding hydrogens is 195 g/mol. The fourth-order valence-corrected chi connectivity index (χ4v) is 0.293. The van der Waals surface area contributed by atoms with Gasteiger partial charge in [0.15, 0.2) is 6.61 Å². The van der Waals surface area contributed by atoms with Gasteiger partial charge < -0.3 is 15.0 Å². The third-order valence-electron chi connectivity index (χ3n) is 0.623. The van der Waals surface area contributed by atoms with Crippen LogP contribution >= 0.6 is 0 Å². The van der Waals surface area contributed by atoms with Gasteiger partial charge in [-0.1, -0.05) is 0 Å². The van der Waals surface area contributed by atoms with Gasteiger partial charge in [-0.2, -0.15) is 4.89 Å². The maximum Gasteiger partial charge on any atom is 1.00 e. The molecule has 7 nitrogen and oxygen atoms in total. The summed E-state index contributed by atoms with van der Waals surface area (Å²) in [6.07, 6.45) is -0.973. The Hall–Kier alpha value is -0.630. The second-order valence-electron chi connectivity index (χ2n) is 1.66. The largest absolute Gasteiger partial charge is 1.00 e. The molecule has 0 aliphatic carbocycles. The van der Waals surface area contributed by atoms with Gasteiger partial charge in [0, 0.05) is 0 Å². The molecule has 0 rings (SSSR count). The van der Waals surface area contributed by atoms with Crippen LogP contribution in [0.4, 0.5) is 0 Å². The van der Waals surface area contributed by atoms with Crippen molar-refractivity contribution < 1.29 is 63.9 Å². The monoisotopic (exact) mass is 200 g/mol. The van der Waals surface area contributed by atoms with Crippen molar-refractivity contribution in [2.75, 3.05) is 6.61 Å². The summed E-state index contributed by atoms with van der Waals surface area (Å²) in [6, 6.07) is 0. The summed E-state index contributed by atoms with van der Waals surface area (Å²) < 4.78 is 0. The van der Waals surface area contributed by atoms with E-state index in [9.17, 15) is 19.5 Å². The molecule has 0 unspecified atom stereocenters. The Morgan fingerprint density at radius 1 is 1.31 bits per heavy atom. The van der Waals surface area contributed by atoms with E-state index in [-0.39, 0.29) is 29.6 Å². The minimum absolute atomic E-state index is 0. The molecule has 68 valence electrons. The van der Waals surface area contributed by atoms with Crippen molar-refractivity contribution >= 4 is 17.9 Å². The van der Waals surface area contributed by atoms with Crippen LogP contribution in [-0.2, 0) is 24.2 Å². The van der Waals surface area contributed by atoms with Gasteiger partial charge in [-0.3, -0.25) is 4.89 Å². The van der Waals surface area contributed by atoms with Crippen LogP contribution in [-0.4, -0.2) is 29.6 Å². The van der Waals surface area contributed by atoms with E-state index in [0.717, 1.165) is 0 Å². The summed E-state index contributed by atoms with van der Waals surface area (Å²) in [5.41, 5.74) is 0. The molecule has 0 saturated carbocycles. The number of carbonyl (C=O) groups is 3. The molecule has 0 amide bonds. The molecule has 0 fully saturated rings. The Labute approximate surface area is 94.8 Å². The van der Waals surface area contributed by atoms with Gasteiger partial charge in [-0.25, -0.2) is 9.59 Å². The molecule has 13 heavy (non-hydrogen) atoms. The number of carboxylic acids is 2. The zero-order valence-electron chi connectivity index (χ0n) is 6.81. The third kappa shape index (κ3) is 11.4. The van der Waals surface area contributed by atoms with Gasteiger partial charge in [0.2, 0.25) is 0 Å². The first kappa shape index (κ1) is 14.9. The average Bonchev–Trinajstić information content (AvgIpc) is 1.84. The molecule has 0 aromatic heterocycles. The summed E-state index contributed by atoms with van der Waals surface area (Å²) in [5.74, 6) is -4.17. The zero-order chi connectivity index (χ0) is 9.56. The number of hydrogen-bond acceptors (Lipinski definition) is 6. The summed E-state index contributed by atoms with van der Waals surface area (Å²) in [7, 11) is 0. The van der Waals surface area contributed by atoms with Gasteiger partial charge in [0.1, 0.15) is 0 Å². The normalized spacial score (nSPS) is 8.31. The van der Waals surface area contributed by atoms with Crippen molar-refractivity contribution in [1.29, 1.82) is 0 Å². The maximum absolute atomic E-state index is 10.3. The second kappa shape index (κ2) is 7.99. The molecule has 0 heterocycles. The van der Waals surface area contributed by atoms with E-state index in [1.54, 1.807) is 0 Å². The Morgan fingerprint density at radius 3 is 2.23 bits per heavy atom. The maximum atomic E-state index is 10.3. The molecule has 0 spiro atoms. The molecule has 0 radical (unpaired) electrons. The smallest absolute Gasteiger partial charge is 0.550 e. The Kier molecular flexibility index (Phi) is 9.14. The summed E-state index contributed by atoms with van der Waals surface area (Å²) in [5, 5.41) is 17.7. The van der Waals surface area contributed by atoms with Gasteiger partial charge in [0.05, 0.1) is 12.4 Å². The van der Waals surface area contributed by atoms with Crippen LogP contribution in [0, 0.1) is 0 Å². The van der Waals surface area contributed by atoms with Gasteiger partial charge in [-0.15, -0.1) is 0 Å². The summed E-state index contributed by atoms with van der Waals surface area (Å²) in [6.45, 7) is -0.835. The van der Waals surface area contributed by atoms with Crippen LogP contribution in [0.2, 0.25) is 0 Å². The summed E-state index contributed by atoms with van der Waals surface area (Å²) in [4.78, 5) is 37.3. The van der Waals surface area contributed by atoms with Crippen molar-refractivity contribution in [3.8, 4) is 0 Å². The topological polar surface area (TPSA) is 113 Å². The van der Waals surface area contributed by atoms with Crippen LogP contribution in [0.15, 0.2) is 0 Å². The minimum atomic E-state index is -1.63. The van der Waals surface area contributed by atoms with Crippen LogP contribution in [0.25, 0.3) is 0 Å². The molecule has 0 aromatic rings. The van der Waals surface area contributed by atoms with Gasteiger partial charge in [-0.05, 0) is 0 Å². The molecule has 0 aliphatic rings. The van der Waals surface area contributed by atoms with E-state index in [2.05, 4.69) is 9.78 Å². The van der Waals surface area contributed by atoms with Crippen LogP contribution in [0.1, 0.15) is 6.42 Å².